The number of piperidine rings is 1. The van der Waals surface area contributed by atoms with Crippen LogP contribution in [0.1, 0.15) is 30.1 Å². The summed E-state index contributed by atoms with van der Waals surface area (Å²) < 4.78 is 9.98. The van der Waals surface area contributed by atoms with Crippen molar-refractivity contribution >= 4 is 28.0 Å². The number of imidazole rings is 1. The average Bonchev–Trinajstić information content (AvgIpc) is 3.57. The van der Waals surface area contributed by atoms with Crippen LogP contribution in [0.15, 0.2) is 36.5 Å². The first-order valence-corrected chi connectivity index (χ1v) is 12.1. The van der Waals surface area contributed by atoms with Gasteiger partial charge in [0.1, 0.15) is 16.9 Å². The quantitative estimate of drug-likeness (QED) is 0.507. The molecule has 0 radical (unpaired) electrons. The van der Waals surface area contributed by atoms with E-state index in [9.17, 15) is 4.79 Å². The number of aryl methyl sites for hydroxylation is 2. The van der Waals surface area contributed by atoms with Crippen LogP contribution < -0.4 is 10.1 Å². The van der Waals surface area contributed by atoms with E-state index in [1.807, 2.05) is 36.3 Å². The minimum absolute atomic E-state index is 0.0476. The van der Waals surface area contributed by atoms with Gasteiger partial charge in [-0.1, -0.05) is 0 Å². The number of pyridine rings is 1. The van der Waals surface area contributed by atoms with Crippen LogP contribution in [0.2, 0.25) is 0 Å². The standard InChI is InChI=1S/C26H30N6O2/c1-4-32-21(13-17-6-5-9-28-24(17)32)25-29-19-12-18(14-22(34-3)23(19)30(25)2)26(33)31-11-8-16-7-10-27-20(16)15-31/h5-6,9,12-14,16,20,27H,4,7-8,10-11,15H2,1-3H3. The summed E-state index contributed by atoms with van der Waals surface area (Å²) in [6.07, 6.45) is 4.09. The SMILES string of the molecule is CCn1c(-c2nc3cc(C(=O)N4CCC5CCNC5C4)cc(OC)c3n2C)cc2cccnc21. The van der Waals surface area contributed by atoms with Crippen molar-refractivity contribution in [1.82, 2.24) is 29.3 Å². The number of carbonyl (C=O) groups is 1. The molecule has 5 heterocycles. The molecule has 4 aromatic rings. The molecule has 0 bridgehead atoms. The van der Waals surface area contributed by atoms with E-state index in [1.54, 1.807) is 7.11 Å². The van der Waals surface area contributed by atoms with Crippen LogP contribution in [0.4, 0.5) is 0 Å². The number of likely N-dealkylation sites (tertiary alicyclic amines) is 1. The molecule has 176 valence electrons. The van der Waals surface area contributed by atoms with Gasteiger partial charge in [0.2, 0.25) is 0 Å². The first kappa shape index (κ1) is 21.2. The Morgan fingerprint density at radius 3 is 2.97 bits per heavy atom. The molecule has 2 fully saturated rings. The lowest BCUT2D eigenvalue weighted by Crippen LogP contribution is -2.48. The van der Waals surface area contributed by atoms with Gasteiger partial charge in [0, 0.05) is 49.9 Å². The number of amides is 1. The number of ether oxygens (including phenoxy) is 1. The Bertz CT molecular complexity index is 1400. The zero-order chi connectivity index (χ0) is 23.4. The highest BCUT2D eigenvalue weighted by Crippen LogP contribution is 2.34. The molecular formula is C26H30N6O2. The highest BCUT2D eigenvalue weighted by Gasteiger charge is 2.35. The lowest BCUT2D eigenvalue weighted by atomic mass is 9.92. The summed E-state index contributed by atoms with van der Waals surface area (Å²) in [5, 5.41) is 4.64. The molecule has 8 heteroatoms. The fourth-order valence-corrected chi connectivity index (χ4v) is 5.81. The molecule has 0 spiro atoms. The van der Waals surface area contributed by atoms with E-state index < -0.39 is 0 Å². The van der Waals surface area contributed by atoms with Crippen molar-refractivity contribution in [3.63, 3.8) is 0 Å². The van der Waals surface area contributed by atoms with Crippen LogP contribution >= 0.6 is 0 Å². The normalized spacial score (nSPS) is 20.3. The Morgan fingerprint density at radius 2 is 2.15 bits per heavy atom. The van der Waals surface area contributed by atoms with Crippen molar-refractivity contribution in [2.24, 2.45) is 13.0 Å². The van der Waals surface area contributed by atoms with Gasteiger partial charge < -0.3 is 24.1 Å². The van der Waals surface area contributed by atoms with Crippen LogP contribution in [0.25, 0.3) is 33.6 Å². The molecule has 8 nitrogen and oxygen atoms in total. The van der Waals surface area contributed by atoms with Gasteiger partial charge in [-0.25, -0.2) is 9.97 Å². The third-order valence-electron chi connectivity index (χ3n) is 7.57. The summed E-state index contributed by atoms with van der Waals surface area (Å²) in [5.41, 5.74) is 4.21. The highest BCUT2D eigenvalue weighted by molar-refractivity contribution is 6.00. The monoisotopic (exact) mass is 458 g/mol. The Kier molecular flexibility index (Phi) is 5.06. The molecule has 2 aliphatic heterocycles. The van der Waals surface area contributed by atoms with Crippen molar-refractivity contribution in [2.75, 3.05) is 26.7 Å². The summed E-state index contributed by atoms with van der Waals surface area (Å²) in [6.45, 7) is 5.52. The molecular weight excluding hydrogens is 428 g/mol. The molecule has 0 saturated carbocycles. The molecule has 2 atom stereocenters. The van der Waals surface area contributed by atoms with Crippen LogP contribution in [0, 0.1) is 5.92 Å². The minimum Gasteiger partial charge on any atom is -0.494 e. The summed E-state index contributed by atoms with van der Waals surface area (Å²) in [5.74, 6) is 2.23. The van der Waals surface area contributed by atoms with Gasteiger partial charge in [-0.05, 0) is 62.6 Å². The third kappa shape index (κ3) is 3.20. The smallest absolute Gasteiger partial charge is 0.254 e. The predicted molar refractivity (Wildman–Crippen MR) is 132 cm³/mol. The van der Waals surface area contributed by atoms with E-state index >= 15 is 0 Å². The summed E-state index contributed by atoms with van der Waals surface area (Å²) in [4.78, 5) is 25.0. The second kappa shape index (κ2) is 8.13. The number of rotatable bonds is 4. The number of hydrogen-bond acceptors (Lipinski definition) is 5. The number of hydrogen-bond donors (Lipinski definition) is 1. The molecule has 2 aliphatic rings. The average molecular weight is 459 g/mol. The minimum atomic E-state index is 0.0476. The maximum atomic E-state index is 13.5. The Hall–Kier alpha value is -3.39. The Labute approximate surface area is 198 Å². The number of methoxy groups -OCH3 is 1. The molecule has 1 N–H and O–H groups in total. The van der Waals surface area contributed by atoms with E-state index in [2.05, 4.69) is 38.5 Å². The van der Waals surface area contributed by atoms with Crippen molar-refractivity contribution in [2.45, 2.75) is 32.4 Å². The first-order valence-electron chi connectivity index (χ1n) is 12.1. The van der Waals surface area contributed by atoms with E-state index in [1.165, 1.54) is 6.42 Å². The van der Waals surface area contributed by atoms with E-state index in [0.29, 0.717) is 23.3 Å². The van der Waals surface area contributed by atoms with Crippen molar-refractivity contribution < 1.29 is 9.53 Å². The number of aromatic nitrogens is 4. The zero-order valence-electron chi connectivity index (χ0n) is 19.9. The zero-order valence-corrected chi connectivity index (χ0v) is 19.9. The molecule has 2 unspecified atom stereocenters. The second-order valence-electron chi connectivity index (χ2n) is 9.38. The van der Waals surface area contributed by atoms with Gasteiger partial charge in [-0.2, -0.15) is 0 Å². The van der Waals surface area contributed by atoms with E-state index in [-0.39, 0.29) is 5.91 Å². The van der Waals surface area contributed by atoms with Crippen molar-refractivity contribution in [3.8, 4) is 17.3 Å². The van der Waals surface area contributed by atoms with Gasteiger partial charge in [-0.3, -0.25) is 4.79 Å². The highest BCUT2D eigenvalue weighted by atomic mass is 16.5. The molecule has 6 rings (SSSR count). The summed E-state index contributed by atoms with van der Waals surface area (Å²) in [6, 6.07) is 10.3. The van der Waals surface area contributed by atoms with Gasteiger partial charge in [-0.15, -0.1) is 0 Å². The molecule has 1 amide bonds. The molecule has 0 aliphatic carbocycles. The lowest BCUT2D eigenvalue weighted by molar-refractivity contribution is 0.0669. The molecule has 3 aromatic heterocycles. The Morgan fingerprint density at radius 1 is 1.26 bits per heavy atom. The van der Waals surface area contributed by atoms with Crippen molar-refractivity contribution in [3.05, 3.63) is 42.1 Å². The van der Waals surface area contributed by atoms with Crippen LogP contribution in [0.3, 0.4) is 0 Å². The van der Waals surface area contributed by atoms with Crippen LogP contribution in [-0.2, 0) is 13.6 Å². The molecule has 34 heavy (non-hydrogen) atoms. The Balaban J connectivity index is 1.43. The lowest BCUT2D eigenvalue weighted by Gasteiger charge is -2.35. The maximum absolute atomic E-state index is 13.5. The fraction of sp³-hybridized carbons (Fsp3) is 0.423. The number of nitrogens with zero attached hydrogens (tertiary/aromatic N) is 5. The number of nitrogens with one attached hydrogen (secondary N) is 1. The van der Waals surface area contributed by atoms with Gasteiger partial charge in [0.15, 0.2) is 5.82 Å². The van der Waals surface area contributed by atoms with E-state index in [0.717, 1.165) is 66.2 Å². The number of benzene rings is 1. The molecule has 1 aromatic carbocycles. The fourth-order valence-electron chi connectivity index (χ4n) is 5.81. The summed E-state index contributed by atoms with van der Waals surface area (Å²) >= 11 is 0. The van der Waals surface area contributed by atoms with Gasteiger partial charge in [0.25, 0.3) is 5.91 Å². The van der Waals surface area contributed by atoms with Crippen LogP contribution in [-0.4, -0.2) is 62.7 Å². The van der Waals surface area contributed by atoms with Crippen LogP contribution in [0.5, 0.6) is 5.75 Å². The summed E-state index contributed by atoms with van der Waals surface area (Å²) in [7, 11) is 3.65. The van der Waals surface area contributed by atoms with Gasteiger partial charge in [0.05, 0.1) is 18.3 Å². The second-order valence-corrected chi connectivity index (χ2v) is 9.38. The van der Waals surface area contributed by atoms with Gasteiger partial charge >= 0.3 is 0 Å². The third-order valence-corrected chi connectivity index (χ3v) is 7.57. The predicted octanol–water partition coefficient (Wildman–Crippen LogP) is 3.44. The topological polar surface area (TPSA) is 77.2 Å². The first-order chi connectivity index (χ1) is 16.6. The van der Waals surface area contributed by atoms with E-state index in [4.69, 9.17) is 9.72 Å². The largest absolute Gasteiger partial charge is 0.494 e. The number of fused-ring (bicyclic) bond motifs is 3. The van der Waals surface area contributed by atoms with Crippen molar-refractivity contribution in [1.29, 1.82) is 0 Å². The molecule has 2 saturated heterocycles. The maximum Gasteiger partial charge on any atom is 0.254 e. The number of carbonyl (C=O) groups excluding carboxylic acids is 1.